The highest BCUT2D eigenvalue weighted by Gasteiger charge is 2.13. The number of para-hydroxylation sites is 1. The van der Waals surface area contributed by atoms with E-state index in [1.807, 2.05) is 30.3 Å². The summed E-state index contributed by atoms with van der Waals surface area (Å²) >= 11 is 0. The minimum atomic E-state index is -0.999. The average molecular weight is 402 g/mol. The molecule has 6 nitrogen and oxygen atoms in total. The first-order chi connectivity index (χ1) is 14.0. The quantitative estimate of drug-likeness (QED) is 0.347. The van der Waals surface area contributed by atoms with E-state index in [-0.39, 0.29) is 19.0 Å². The fourth-order valence-electron chi connectivity index (χ4n) is 2.24. The van der Waals surface area contributed by atoms with E-state index in [2.05, 4.69) is 4.74 Å². The summed E-state index contributed by atoms with van der Waals surface area (Å²) in [6.45, 7) is 0.173. The summed E-state index contributed by atoms with van der Waals surface area (Å²) in [7, 11) is 1.31. The molecular weight excluding hydrogens is 372 g/mol. The lowest BCUT2D eigenvalue weighted by Gasteiger charge is -2.13. The van der Waals surface area contributed by atoms with Crippen molar-refractivity contribution in [3.63, 3.8) is 0 Å². The van der Waals surface area contributed by atoms with Crippen LogP contribution in [0.1, 0.15) is 19.3 Å². The minimum absolute atomic E-state index is 0.173. The lowest BCUT2D eigenvalue weighted by molar-refractivity contribution is -0.140. The Morgan fingerprint density at radius 2 is 1.59 bits per heavy atom. The van der Waals surface area contributed by atoms with E-state index >= 15 is 0 Å². The van der Waals surface area contributed by atoms with Crippen LogP contribution in [0.5, 0.6) is 5.75 Å². The number of aliphatic hydroxyl groups is 3. The molecule has 0 spiro atoms. The standard InChI is InChI=1S/C23H30O6/c1-28-23(27)17-11-16-22(26)21(25)15-10-5-3-2-4-7-12-19(24)18-29-20-13-8-6-9-14-20/h2-10,12-15,19,21-22,24-26H,11,16-18H2,1H3/b4-2-,5-3+,12-7+,15-10+/t19-,21+,22-/m0/s1. The highest BCUT2D eigenvalue weighted by Crippen LogP contribution is 2.09. The molecule has 0 unspecified atom stereocenters. The Morgan fingerprint density at radius 3 is 2.24 bits per heavy atom. The predicted molar refractivity (Wildman–Crippen MR) is 112 cm³/mol. The number of allylic oxidation sites excluding steroid dienone is 6. The van der Waals surface area contributed by atoms with Crippen molar-refractivity contribution in [1.82, 2.24) is 0 Å². The smallest absolute Gasteiger partial charge is 0.305 e. The van der Waals surface area contributed by atoms with Crippen LogP contribution in [0.25, 0.3) is 0 Å². The summed E-state index contributed by atoms with van der Waals surface area (Å²) in [5, 5.41) is 29.4. The van der Waals surface area contributed by atoms with Crippen LogP contribution in [0.15, 0.2) is 78.9 Å². The van der Waals surface area contributed by atoms with Gasteiger partial charge in [-0.1, -0.05) is 66.8 Å². The predicted octanol–water partition coefficient (Wildman–Crippen LogP) is 2.72. The van der Waals surface area contributed by atoms with Crippen LogP contribution in [-0.2, 0) is 9.53 Å². The van der Waals surface area contributed by atoms with Crippen LogP contribution in [0.2, 0.25) is 0 Å². The lowest BCUT2D eigenvalue weighted by Crippen LogP contribution is -2.23. The summed E-state index contributed by atoms with van der Waals surface area (Å²) in [6, 6.07) is 9.28. The van der Waals surface area contributed by atoms with Crippen LogP contribution >= 0.6 is 0 Å². The average Bonchev–Trinajstić information content (AvgIpc) is 2.74. The van der Waals surface area contributed by atoms with Gasteiger partial charge < -0.3 is 24.8 Å². The highest BCUT2D eigenvalue weighted by atomic mass is 16.5. The lowest BCUT2D eigenvalue weighted by atomic mass is 10.1. The van der Waals surface area contributed by atoms with Crippen molar-refractivity contribution in [2.45, 2.75) is 37.6 Å². The van der Waals surface area contributed by atoms with E-state index in [1.54, 1.807) is 42.5 Å². The Balaban J connectivity index is 2.21. The van der Waals surface area contributed by atoms with Crippen molar-refractivity contribution in [3.8, 4) is 5.75 Å². The second-order valence-electron chi connectivity index (χ2n) is 6.26. The van der Waals surface area contributed by atoms with Crippen molar-refractivity contribution in [3.05, 3.63) is 78.9 Å². The Hall–Kier alpha value is -2.67. The van der Waals surface area contributed by atoms with E-state index in [0.717, 1.165) is 0 Å². The maximum atomic E-state index is 11.0. The number of aliphatic hydroxyl groups excluding tert-OH is 3. The number of ether oxygens (including phenoxy) is 2. The molecule has 0 aliphatic heterocycles. The Labute approximate surface area is 172 Å². The Kier molecular flexibility index (Phi) is 12.8. The summed E-state index contributed by atoms with van der Waals surface area (Å²) in [5.74, 6) is 0.378. The second-order valence-corrected chi connectivity index (χ2v) is 6.26. The van der Waals surface area contributed by atoms with E-state index in [9.17, 15) is 20.1 Å². The first-order valence-corrected chi connectivity index (χ1v) is 9.50. The molecule has 0 radical (unpaired) electrons. The molecule has 0 fully saturated rings. The number of rotatable bonds is 13. The molecule has 0 aliphatic carbocycles. The second kappa shape index (κ2) is 15.3. The molecule has 0 saturated carbocycles. The zero-order valence-electron chi connectivity index (χ0n) is 16.6. The van der Waals surface area contributed by atoms with Crippen LogP contribution in [0.3, 0.4) is 0 Å². The number of hydrogen-bond acceptors (Lipinski definition) is 6. The van der Waals surface area contributed by atoms with Gasteiger partial charge >= 0.3 is 5.97 Å². The van der Waals surface area contributed by atoms with Gasteiger partial charge in [-0.2, -0.15) is 0 Å². The first kappa shape index (κ1) is 24.4. The van der Waals surface area contributed by atoms with Gasteiger partial charge in [0.05, 0.1) is 19.3 Å². The van der Waals surface area contributed by atoms with Gasteiger partial charge in [-0.15, -0.1) is 0 Å². The van der Waals surface area contributed by atoms with Crippen LogP contribution in [0, 0.1) is 0 Å². The Bertz CT molecular complexity index is 678. The van der Waals surface area contributed by atoms with Gasteiger partial charge in [0.2, 0.25) is 0 Å². The molecule has 0 saturated heterocycles. The summed E-state index contributed by atoms with van der Waals surface area (Å²) in [6.07, 6.45) is 11.8. The van der Waals surface area contributed by atoms with Gasteiger partial charge in [0, 0.05) is 6.42 Å². The van der Waals surface area contributed by atoms with Crippen LogP contribution in [0.4, 0.5) is 0 Å². The minimum Gasteiger partial charge on any atom is -0.491 e. The van der Waals surface area contributed by atoms with E-state index in [1.165, 1.54) is 13.2 Å². The third-order valence-corrected chi connectivity index (χ3v) is 3.86. The van der Waals surface area contributed by atoms with Gasteiger partial charge in [0.15, 0.2) is 0 Å². The van der Waals surface area contributed by atoms with E-state index < -0.39 is 18.3 Å². The zero-order valence-corrected chi connectivity index (χ0v) is 16.6. The molecule has 1 rings (SSSR count). The molecule has 6 heteroatoms. The number of esters is 1. The maximum Gasteiger partial charge on any atom is 0.305 e. The molecule has 1 aromatic rings. The number of hydrogen-bond donors (Lipinski definition) is 3. The third-order valence-electron chi connectivity index (χ3n) is 3.86. The third kappa shape index (κ3) is 12.4. The molecule has 29 heavy (non-hydrogen) atoms. The summed E-state index contributed by atoms with van der Waals surface area (Å²) < 4.78 is 9.96. The Morgan fingerprint density at radius 1 is 0.966 bits per heavy atom. The fourth-order valence-corrected chi connectivity index (χ4v) is 2.24. The normalized spacial score (nSPS) is 15.3. The number of carbonyl (C=O) groups excluding carboxylic acids is 1. The molecular formula is C23H30O6. The molecule has 3 atom stereocenters. The molecule has 0 aliphatic rings. The molecule has 0 amide bonds. The van der Waals surface area contributed by atoms with E-state index in [0.29, 0.717) is 18.6 Å². The van der Waals surface area contributed by atoms with E-state index in [4.69, 9.17) is 4.74 Å². The van der Waals surface area contributed by atoms with Crippen molar-refractivity contribution in [2.75, 3.05) is 13.7 Å². The van der Waals surface area contributed by atoms with Crippen molar-refractivity contribution < 1.29 is 29.6 Å². The van der Waals surface area contributed by atoms with Crippen molar-refractivity contribution in [2.24, 2.45) is 0 Å². The molecule has 158 valence electrons. The van der Waals surface area contributed by atoms with Gasteiger partial charge in [0.1, 0.15) is 18.5 Å². The molecule has 3 N–H and O–H groups in total. The van der Waals surface area contributed by atoms with Gasteiger partial charge in [0.25, 0.3) is 0 Å². The largest absolute Gasteiger partial charge is 0.491 e. The topological polar surface area (TPSA) is 96.2 Å². The number of methoxy groups -OCH3 is 1. The fraction of sp³-hybridized carbons (Fsp3) is 0.348. The SMILES string of the molecule is COC(=O)CCC[C@H](O)[C@H](O)/C=C/C=C/C=C\C=C\[C@H](O)COc1ccccc1. The molecule has 0 bridgehead atoms. The monoisotopic (exact) mass is 402 g/mol. The maximum absolute atomic E-state index is 11.0. The molecule has 1 aromatic carbocycles. The van der Waals surface area contributed by atoms with Crippen LogP contribution in [-0.4, -0.2) is 53.3 Å². The summed E-state index contributed by atoms with van der Waals surface area (Å²) in [4.78, 5) is 11.0. The summed E-state index contributed by atoms with van der Waals surface area (Å²) in [5.41, 5.74) is 0. The van der Waals surface area contributed by atoms with Gasteiger partial charge in [-0.3, -0.25) is 4.79 Å². The van der Waals surface area contributed by atoms with Crippen molar-refractivity contribution in [1.29, 1.82) is 0 Å². The van der Waals surface area contributed by atoms with Gasteiger partial charge in [-0.05, 0) is 25.0 Å². The number of benzene rings is 1. The zero-order chi connectivity index (χ0) is 21.3. The first-order valence-electron chi connectivity index (χ1n) is 9.50. The van der Waals surface area contributed by atoms with Crippen molar-refractivity contribution >= 4 is 5.97 Å². The molecule has 0 aromatic heterocycles. The number of carbonyl (C=O) groups is 1. The molecule has 0 heterocycles. The van der Waals surface area contributed by atoms with Crippen LogP contribution < -0.4 is 4.74 Å². The highest BCUT2D eigenvalue weighted by molar-refractivity contribution is 5.68. The van der Waals surface area contributed by atoms with Gasteiger partial charge in [-0.25, -0.2) is 0 Å².